The number of aliphatic hydroxyl groups is 2. The summed E-state index contributed by atoms with van der Waals surface area (Å²) in [5, 5.41) is 24.0. The molecule has 8 nitrogen and oxygen atoms in total. The molecule has 0 aliphatic heterocycles. The van der Waals surface area contributed by atoms with E-state index in [0.29, 0.717) is 16.6 Å². The lowest BCUT2D eigenvalue weighted by atomic mass is 9.96. The van der Waals surface area contributed by atoms with Crippen molar-refractivity contribution < 1.29 is 33.7 Å². The fraction of sp³-hybridized carbons (Fsp3) is 0.548. The highest BCUT2D eigenvalue weighted by Crippen LogP contribution is 2.42. The molecule has 2 aromatic carbocycles. The monoisotopic (exact) mass is 573 g/mol. The van der Waals surface area contributed by atoms with Crippen LogP contribution in [0.3, 0.4) is 0 Å². The third-order valence-electron chi connectivity index (χ3n) is 7.50. The van der Waals surface area contributed by atoms with Crippen molar-refractivity contribution in [1.29, 1.82) is 0 Å². The fourth-order valence-electron chi connectivity index (χ4n) is 5.35. The molecule has 40 heavy (non-hydrogen) atoms. The van der Waals surface area contributed by atoms with Gasteiger partial charge in [-0.3, -0.25) is 0 Å². The van der Waals surface area contributed by atoms with Crippen LogP contribution in [0.1, 0.15) is 65.5 Å². The lowest BCUT2D eigenvalue weighted by Gasteiger charge is -2.44. The first kappa shape index (κ1) is 33.5. The first-order valence-electron chi connectivity index (χ1n) is 14.1. The van der Waals surface area contributed by atoms with Crippen LogP contribution in [-0.4, -0.2) is 55.4 Å². The number of carbonyl (C=O) groups excluding carboxylic acids is 2. The van der Waals surface area contributed by atoms with E-state index in [9.17, 15) is 19.8 Å². The number of hydrogen-bond donors (Lipinski definition) is 3. The van der Waals surface area contributed by atoms with E-state index in [1.807, 2.05) is 60.7 Å². The van der Waals surface area contributed by atoms with Gasteiger partial charge in [0.15, 0.2) is 8.32 Å². The van der Waals surface area contributed by atoms with Gasteiger partial charge >= 0.3 is 12.1 Å². The van der Waals surface area contributed by atoms with Crippen molar-refractivity contribution in [3.63, 3.8) is 0 Å². The molecular weight excluding hydrogens is 526 g/mol. The maximum Gasteiger partial charge on any atom is 0.408 e. The predicted octanol–water partition coefficient (Wildman–Crippen LogP) is 5.72. The van der Waals surface area contributed by atoms with E-state index in [-0.39, 0.29) is 32.7 Å². The van der Waals surface area contributed by atoms with Crippen LogP contribution in [0.15, 0.2) is 60.7 Å². The molecule has 2 rings (SSSR count). The van der Waals surface area contributed by atoms with Crippen molar-refractivity contribution >= 4 is 20.4 Å². The Balaban J connectivity index is 2.11. The standard InChI is InChI=1S/C31H47NO7Si/c1-23(2)40(24(3)4,25(5)6)39-22-31(36,21-33)18-17-28(29(34)37-19-26-13-9-7-10-14-26)32-30(35)38-20-27-15-11-8-12-16-27/h7-16,23-25,28,33,36H,17-22H2,1-6H3,(H,32,35)/t28-,31-/m0/s1. The van der Waals surface area contributed by atoms with E-state index in [1.165, 1.54) is 0 Å². The van der Waals surface area contributed by atoms with Crippen molar-refractivity contribution in [2.45, 2.75) is 95.9 Å². The Morgan fingerprint density at radius 3 is 1.75 bits per heavy atom. The Morgan fingerprint density at radius 2 is 1.30 bits per heavy atom. The highest BCUT2D eigenvalue weighted by molar-refractivity contribution is 6.77. The van der Waals surface area contributed by atoms with Crippen LogP contribution >= 0.6 is 0 Å². The molecule has 0 heterocycles. The average molecular weight is 574 g/mol. The molecule has 3 N–H and O–H groups in total. The maximum atomic E-state index is 13.1. The Bertz CT molecular complexity index is 1010. The average Bonchev–Trinajstić information content (AvgIpc) is 2.93. The summed E-state index contributed by atoms with van der Waals surface area (Å²) < 4.78 is 17.3. The highest BCUT2D eigenvalue weighted by atomic mass is 28.4. The van der Waals surface area contributed by atoms with Crippen LogP contribution in [-0.2, 0) is 31.9 Å². The molecule has 0 aliphatic rings. The predicted molar refractivity (Wildman–Crippen MR) is 158 cm³/mol. The van der Waals surface area contributed by atoms with Gasteiger partial charge in [-0.2, -0.15) is 0 Å². The lowest BCUT2D eigenvalue weighted by molar-refractivity contribution is -0.148. The largest absolute Gasteiger partial charge is 0.459 e. The van der Waals surface area contributed by atoms with Gasteiger partial charge < -0.3 is 29.4 Å². The highest BCUT2D eigenvalue weighted by Gasteiger charge is 2.46. The van der Waals surface area contributed by atoms with Gasteiger partial charge in [-0.25, -0.2) is 9.59 Å². The zero-order valence-electron chi connectivity index (χ0n) is 24.8. The summed E-state index contributed by atoms with van der Waals surface area (Å²) in [5.74, 6) is -0.656. The summed E-state index contributed by atoms with van der Waals surface area (Å²) in [6.07, 6.45) is -0.749. The number of ether oxygens (including phenoxy) is 2. The molecular formula is C31H47NO7Si. The second-order valence-corrected chi connectivity index (χ2v) is 16.8. The van der Waals surface area contributed by atoms with Gasteiger partial charge in [-0.15, -0.1) is 0 Å². The molecule has 9 heteroatoms. The summed E-state index contributed by atoms with van der Waals surface area (Å²) in [5.41, 5.74) is 0.927. The number of carbonyl (C=O) groups is 2. The Hall–Kier alpha value is -2.72. The number of benzene rings is 2. The van der Waals surface area contributed by atoms with Gasteiger partial charge in [0, 0.05) is 0 Å². The topological polar surface area (TPSA) is 114 Å². The molecule has 222 valence electrons. The third-order valence-corrected chi connectivity index (χ3v) is 13.6. The van der Waals surface area contributed by atoms with E-state index in [0.717, 1.165) is 11.1 Å². The van der Waals surface area contributed by atoms with Crippen molar-refractivity contribution in [2.75, 3.05) is 13.2 Å². The van der Waals surface area contributed by atoms with Crippen molar-refractivity contribution in [3.05, 3.63) is 71.8 Å². The number of hydrogen-bond acceptors (Lipinski definition) is 7. The Kier molecular flexibility index (Phi) is 13.3. The van der Waals surface area contributed by atoms with Gasteiger partial charge in [-0.1, -0.05) is 102 Å². The van der Waals surface area contributed by atoms with Gasteiger partial charge in [0.25, 0.3) is 0 Å². The maximum absolute atomic E-state index is 13.1. The lowest BCUT2D eigenvalue weighted by Crippen LogP contribution is -2.52. The molecule has 0 fully saturated rings. The molecule has 0 radical (unpaired) electrons. The van der Waals surface area contributed by atoms with Crippen LogP contribution in [0.2, 0.25) is 16.6 Å². The number of nitrogens with one attached hydrogen (secondary N) is 1. The quantitative estimate of drug-likeness (QED) is 0.174. The number of aliphatic hydroxyl groups excluding tert-OH is 1. The summed E-state index contributed by atoms with van der Waals surface area (Å²) in [6.45, 7) is 12.4. The van der Waals surface area contributed by atoms with Gasteiger partial charge in [0.1, 0.15) is 24.9 Å². The Labute approximate surface area is 240 Å². The van der Waals surface area contributed by atoms with E-state index in [1.54, 1.807) is 0 Å². The summed E-state index contributed by atoms with van der Waals surface area (Å²) in [7, 11) is -2.30. The van der Waals surface area contributed by atoms with Crippen molar-refractivity contribution in [2.24, 2.45) is 0 Å². The molecule has 0 aliphatic carbocycles. The molecule has 1 amide bonds. The molecule has 0 aromatic heterocycles. The normalized spacial score (nSPS) is 14.2. The first-order chi connectivity index (χ1) is 18.9. The van der Waals surface area contributed by atoms with Crippen molar-refractivity contribution in [3.8, 4) is 0 Å². The number of esters is 1. The smallest absolute Gasteiger partial charge is 0.408 e. The van der Waals surface area contributed by atoms with Gasteiger partial charge in [0.05, 0.1) is 13.2 Å². The van der Waals surface area contributed by atoms with Crippen LogP contribution in [0, 0.1) is 0 Å². The summed E-state index contributed by atoms with van der Waals surface area (Å²) in [6, 6.07) is 17.3. The SMILES string of the molecule is CC(C)[Si](OC[C@@](O)(CO)CC[C@H](NC(=O)OCc1ccccc1)C(=O)OCc1ccccc1)(C(C)C)C(C)C. The van der Waals surface area contributed by atoms with E-state index in [2.05, 4.69) is 46.9 Å². The molecule has 0 saturated carbocycles. The second-order valence-electron chi connectivity index (χ2n) is 11.4. The molecule has 0 saturated heterocycles. The first-order valence-corrected chi connectivity index (χ1v) is 16.2. The molecule has 0 bridgehead atoms. The van der Waals surface area contributed by atoms with E-state index < -0.39 is 38.6 Å². The molecule has 0 unspecified atom stereocenters. The van der Waals surface area contributed by atoms with Crippen LogP contribution in [0.4, 0.5) is 4.79 Å². The van der Waals surface area contributed by atoms with E-state index in [4.69, 9.17) is 13.9 Å². The zero-order chi connectivity index (χ0) is 29.8. The minimum absolute atomic E-state index is 0.00628. The van der Waals surface area contributed by atoms with E-state index >= 15 is 0 Å². The second kappa shape index (κ2) is 15.9. The molecule has 0 spiro atoms. The minimum atomic E-state index is -2.30. The number of rotatable bonds is 16. The van der Waals surface area contributed by atoms with Crippen molar-refractivity contribution in [1.82, 2.24) is 5.32 Å². The van der Waals surface area contributed by atoms with Crippen LogP contribution in [0.5, 0.6) is 0 Å². The van der Waals surface area contributed by atoms with Crippen LogP contribution < -0.4 is 5.32 Å². The summed E-state index contributed by atoms with van der Waals surface area (Å²) >= 11 is 0. The third kappa shape index (κ3) is 9.73. The molecule has 2 aromatic rings. The van der Waals surface area contributed by atoms with Gasteiger partial charge in [0.2, 0.25) is 0 Å². The fourth-order valence-corrected chi connectivity index (χ4v) is 10.9. The summed E-state index contributed by atoms with van der Waals surface area (Å²) in [4.78, 5) is 25.7. The molecule has 2 atom stereocenters. The van der Waals surface area contributed by atoms with Gasteiger partial charge in [-0.05, 0) is 40.6 Å². The Morgan fingerprint density at radius 1 is 0.825 bits per heavy atom. The zero-order valence-corrected chi connectivity index (χ0v) is 25.8. The van der Waals surface area contributed by atoms with Crippen LogP contribution in [0.25, 0.3) is 0 Å². The number of alkyl carbamates (subject to hydrolysis) is 1. The minimum Gasteiger partial charge on any atom is -0.459 e. The number of amides is 1.